The Morgan fingerprint density at radius 2 is 1.80 bits per heavy atom. The minimum atomic E-state index is 0. The fourth-order valence-corrected chi connectivity index (χ4v) is 3.45. The third kappa shape index (κ3) is 3.74. The van der Waals surface area contributed by atoms with Gasteiger partial charge in [0.2, 0.25) is 5.91 Å². The van der Waals surface area contributed by atoms with Gasteiger partial charge in [-0.15, -0.1) is 12.4 Å². The van der Waals surface area contributed by atoms with Crippen molar-refractivity contribution >= 4 is 24.0 Å². The summed E-state index contributed by atoms with van der Waals surface area (Å²) in [5, 5.41) is 6.62. The first-order valence-corrected chi connectivity index (χ1v) is 7.31. The van der Waals surface area contributed by atoms with Crippen LogP contribution in [0.15, 0.2) is 24.3 Å². The molecule has 2 aliphatic heterocycles. The Morgan fingerprint density at radius 3 is 2.40 bits per heavy atom. The number of fused-ring (bicyclic) bond motifs is 2. The van der Waals surface area contributed by atoms with Crippen LogP contribution in [0.2, 0.25) is 0 Å². The first-order chi connectivity index (χ1) is 9.19. The predicted molar refractivity (Wildman–Crippen MR) is 84.3 cm³/mol. The van der Waals surface area contributed by atoms with Gasteiger partial charge in [-0.2, -0.15) is 0 Å². The summed E-state index contributed by atoms with van der Waals surface area (Å²) >= 11 is 0. The quantitative estimate of drug-likeness (QED) is 0.898. The summed E-state index contributed by atoms with van der Waals surface area (Å²) in [5.74, 6) is 0.722. The number of carbonyl (C=O) groups excluding carboxylic acids is 1. The van der Waals surface area contributed by atoms with Crippen molar-refractivity contribution in [3.8, 4) is 0 Å². The summed E-state index contributed by atoms with van der Waals surface area (Å²) in [6.07, 6.45) is 5.58. The smallest absolute Gasteiger partial charge is 0.224 e. The molecule has 2 aliphatic rings. The normalized spacial score (nSPS) is 27.8. The van der Waals surface area contributed by atoms with Crippen LogP contribution in [-0.4, -0.2) is 18.0 Å². The van der Waals surface area contributed by atoms with Crippen LogP contribution in [-0.2, 0) is 4.79 Å². The fourth-order valence-electron chi connectivity index (χ4n) is 3.45. The van der Waals surface area contributed by atoms with E-state index >= 15 is 0 Å². The minimum absolute atomic E-state index is 0. The lowest BCUT2D eigenvalue weighted by atomic mass is 9.89. The van der Waals surface area contributed by atoms with Crippen LogP contribution in [0.5, 0.6) is 0 Å². The standard InChI is InChI=1S/C16H22N2O.ClH/c1-11-2-4-13(5-3-11)18-16(19)10-12-8-14-6-7-15(9-12)17-14;/h2-5,12,14-15,17H,6-10H2,1H3,(H,18,19);1H. The van der Waals surface area contributed by atoms with Gasteiger partial charge in [-0.25, -0.2) is 0 Å². The molecule has 0 spiro atoms. The number of rotatable bonds is 3. The van der Waals surface area contributed by atoms with E-state index < -0.39 is 0 Å². The monoisotopic (exact) mass is 294 g/mol. The molecule has 1 aromatic rings. The molecule has 3 nitrogen and oxygen atoms in total. The molecule has 0 aromatic heterocycles. The summed E-state index contributed by atoms with van der Waals surface area (Å²) in [7, 11) is 0. The zero-order valence-electron chi connectivity index (χ0n) is 11.9. The maximum atomic E-state index is 12.1. The molecule has 0 aliphatic carbocycles. The summed E-state index contributed by atoms with van der Waals surface area (Å²) < 4.78 is 0. The van der Waals surface area contributed by atoms with Crippen molar-refractivity contribution in [1.29, 1.82) is 0 Å². The summed E-state index contributed by atoms with van der Waals surface area (Å²) in [5.41, 5.74) is 2.13. The zero-order chi connectivity index (χ0) is 13.2. The van der Waals surface area contributed by atoms with Crippen LogP contribution in [0.3, 0.4) is 0 Å². The van der Waals surface area contributed by atoms with E-state index in [9.17, 15) is 4.79 Å². The summed E-state index contributed by atoms with van der Waals surface area (Å²) in [6.45, 7) is 2.05. The van der Waals surface area contributed by atoms with E-state index in [-0.39, 0.29) is 18.3 Å². The number of amides is 1. The number of nitrogens with one attached hydrogen (secondary N) is 2. The van der Waals surface area contributed by atoms with Crippen LogP contribution in [0.1, 0.15) is 37.7 Å². The van der Waals surface area contributed by atoms with Crippen molar-refractivity contribution in [2.45, 2.75) is 51.1 Å². The molecule has 3 rings (SSSR count). The van der Waals surface area contributed by atoms with Gasteiger partial charge >= 0.3 is 0 Å². The van der Waals surface area contributed by atoms with Gasteiger partial charge in [0, 0.05) is 24.2 Å². The zero-order valence-corrected chi connectivity index (χ0v) is 12.7. The molecule has 4 heteroatoms. The molecule has 1 aromatic carbocycles. The van der Waals surface area contributed by atoms with E-state index in [0.29, 0.717) is 24.4 Å². The third-order valence-electron chi connectivity index (χ3n) is 4.38. The van der Waals surface area contributed by atoms with Crippen LogP contribution in [0.25, 0.3) is 0 Å². The lowest BCUT2D eigenvalue weighted by molar-refractivity contribution is -0.117. The average Bonchev–Trinajstić information content (AvgIpc) is 2.72. The highest BCUT2D eigenvalue weighted by Gasteiger charge is 2.34. The number of halogens is 1. The van der Waals surface area contributed by atoms with Gasteiger partial charge in [0.25, 0.3) is 0 Å². The highest BCUT2D eigenvalue weighted by molar-refractivity contribution is 5.90. The van der Waals surface area contributed by atoms with Crippen LogP contribution >= 0.6 is 12.4 Å². The van der Waals surface area contributed by atoms with Crippen molar-refractivity contribution < 1.29 is 4.79 Å². The molecule has 20 heavy (non-hydrogen) atoms. The predicted octanol–water partition coefficient (Wildman–Crippen LogP) is 3.28. The SMILES string of the molecule is Cc1ccc(NC(=O)CC2CC3CCC(C2)N3)cc1.Cl. The average molecular weight is 295 g/mol. The van der Waals surface area contributed by atoms with Crippen molar-refractivity contribution in [2.24, 2.45) is 5.92 Å². The molecular weight excluding hydrogens is 272 g/mol. The Kier molecular flexibility index (Phi) is 5.06. The maximum Gasteiger partial charge on any atom is 0.224 e. The molecule has 2 saturated heterocycles. The molecule has 1 amide bonds. The second-order valence-corrected chi connectivity index (χ2v) is 6.09. The number of aryl methyl sites for hydroxylation is 1. The van der Waals surface area contributed by atoms with Gasteiger partial charge in [-0.1, -0.05) is 17.7 Å². The van der Waals surface area contributed by atoms with E-state index in [1.165, 1.54) is 18.4 Å². The van der Waals surface area contributed by atoms with Gasteiger partial charge in [0.05, 0.1) is 0 Å². The number of hydrogen-bond acceptors (Lipinski definition) is 2. The Bertz CT molecular complexity index is 448. The van der Waals surface area contributed by atoms with Crippen molar-refractivity contribution in [3.05, 3.63) is 29.8 Å². The molecule has 2 bridgehead atoms. The van der Waals surface area contributed by atoms with E-state index in [1.54, 1.807) is 0 Å². The molecule has 0 saturated carbocycles. The Labute approximate surface area is 126 Å². The molecule has 2 N–H and O–H groups in total. The lowest BCUT2D eigenvalue weighted by Gasteiger charge is -2.28. The minimum Gasteiger partial charge on any atom is -0.326 e. The lowest BCUT2D eigenvalue weighted by Crippen LogP contribution is -2.39. The van der Waals surface area contributed by atoms with E-state index in [1.807, 2.05) is 24.3 Å². The largest absolute Gasteiger partial charge is 0.326 e. The Balaban J connectivity index is 0.00000147. The summed E-state index contributed by atoms with van der Waals surface area (Å²) in [4.78, 5) is 12.1. The first-order valence-electron chi connectivity index (χ1n) is 7.31. The Hall–Kier alpha value is -1.06. The molecule has 2 atom stereocenters. The first kappa shape index (κ1) is 15.3. The molecular formula is C16H23ClN2O. The molecule has 110 valence electrons. The second kappa shape index (κ2) is 6.59. The number of hydrogen-bond donors (Lipinski definition) is 2. The van der Waals surface area contributed by atoms with Crippen molar-refractivity contribution in [2.75, 3.05) is 5.32 Å². The maximum absolute atomic E-state index is 12.1. The van der Waals surface area contributed by atoms with Crippen molar-refractivity contribution in [3.63, 3.8) is 0 Å². The van der Waals surface area contributed by atoms with Crippen molar-refractivity contribution in [1.82, 2.24) is 5.32 Å². The number of piperidine rings is 1. The van der Waals surface area contributed by atoms with Crippen LogP contribution in [0.4, 0.5) is 5.69 Å². The van der Waals surface area contributed by atoms with E-state index in [2.05, 4.69) is 17.6 Å². The fraction of sp³-hybridized carbons (Fsp3) is 0.562. The Morgan fingerprint density at radius 1 is 1.20 bits per heavy atom. The molecule has 0 radical (unpaired) electrons. The van der Waals surface area contributed by atoms with E-state index in [4.69, 9.17) is 0 Å². The number of anilines is 1. The van der Waals surface area contributed by atoms with E-state index in [0.717, 1.165) is 18.5 Å². The van der Waals surface area contributed by atoms with Gasteiger partial charge in [0.1, 0.15) is 0 Å². The van der Waals surface area contributed by atoms with Gasteiger partial charge in [-0.3, -0.25) is 4.79 Å². The van der Waals surface area contributed by atoms with Crippen LogP contribution in [0, 0.1) is 12.8 Å². The van der Waals surface area contributed by atoms with Crippen LogP contribution < -0.4 is 10.6 Å². The highest BCUT2D eigenvalue weighted by atomic mass is 35.5. The third-order valence-corrected chi connectivity index (χ3v) is 4.38. The van der Waals surface area contributed by atoms with Gasteiger partial charge in [-0.05, 0) is 50.7 Å². The van der Waals surface area contributed by atoms with Gasteiger partial charge in [0.15, 0.2) is 0 Å². The van der Waals surface area contributed by atoms with Gasteiger partial charge < -0.3 is 10.6 Å². The number of carbonyl (C=O) groups is 1. The molecule has 2 unspecified atom stereocenters. The topological polar surface area (TPSA) is 41.1 Å². The number of benzene rings is 1. The highest BCUT2D eigenvalue weighted by Crippen LogP contribution is 2.32. The second-order valence-electron chi connectivity index (χ2n) is 6.09. The summed E-state index contributed by atoms with van der Waals surface area (Å²) in [6, 6.07) is 9.33. The molecule has 2 heterocycles. The molecule has 2 fully saturated rings.